The molecule has 0 bridgehead atoms. The van der Waals surface area contributed by atoms with Crippen LogP contribution in [0.15, 0.2) is 60.7 Å². The highest BCUT2D eigenvalue weighted by atomic mass is 16.5. The molecular formula is C15H16N2O2. The predicted molar refractivity (Wildman–Crippen MR) is 73.1 cm³/mol. The van der Waals surface area contributed by atoms with Crippen molar-refractivity contribution in [3.05, 3.63) is 71.8 Å². The Kier molecular flexibility index (Phi) is 4.66. The number of hydrogen-bond acceptors (Lipinski definition) is 3. The van der Waals surface area contributed by atoms with E-state index < -0.39 is 6.35 Å². The summed E-state index contributed by atoms with van der Waals surface area (Å²) in [7, 11) is 0. The first-order chi connectivity index (χ1) is 9.25. The Bertz CT molecular complexity index is 514. The molecule has 1 unspecified atom stereocenters. The van der Waals surface area contributed by atoms with Gasteiger partial charge in [-0.25, -0.2) is 0 Å². The number of nitrogens with one attached hydrogen (secondary N) is 1. The molecule has 0 heterocycles. The molecule has 4 nitrogen and oxygen atoms in total. The molecule has 0 spiro atoms. The largest absolute Gasteiger partial charge is 0.341 e. The van der Waals surface area contributed by atoms with Gasteiger partial charge in [-0.2, -0.15) is 0 Å². The van der Waals surface area contributed by atoms with Gasteiger partial charge in [0.25, 0.3) is 5.91 Å². The van der Waals surface area contributed by atoms with E-state index in [1.165, 1.54) is 0 Å². The molecule has 0 aliphatic rings. The fourth-order valence-electron chi connectivity index (χ4n) is 1.60. The highest BCUT2D eigenvalue weighted by molar-refractivity contribution is 5.94. The minimum Gasteiger partial charge on any atom is -0.341 e. The lowest BCUT2D eigenvalue weighted by atomic mass is 10.2. The quantitative estimate of drug-likeness (QED) is 0.803. The van der Waals surface area contributed by atoms with E-state index in [9.17, 15) is 4.79 Å². The SMILES string of the molecule is NC(NC(=O)c1ccccc1)OCc1ccccc1. The number of hydrogen-bond donors (Lipinski definition) is 2. The first kappa shape index (κ1) is 13.3. The van der Waals surface area contributed by atoms with Gasteiger partial charge in [0, 0.05) is 5.56 Å². The zero-order valence-electron chi connectivity index (χ0n) is 10.5. The highest BCUT2D eigenvalue weighted by Crippen LogP contribution is 2.02. The fraction of sp³-hybridized carbons (Fsp3) is 0.133. The maximum atomic E-state index is 11.8. The van der Waals surface area contributed by atoms with Gasteiger partial charge in [-0.15, -0.1) is 0 Å². The molecule has 0 radical (unpaired) electrons. The van der Waals surface area contributed by atoms with Crippen molar-refractivity contribution in [1.82, 2.24) is 5.32 Å². The van der Waals surface area contributed by atoms with E-state index in [2.05, 4.69) is 5.32 Å². The Hall–Kier alpha value is -2.17. The number of amides is 1. The Morgan fingerprint density at radius 3 is 2.26 bits per heavy atom. The van der Waals surface area contributed by atoms with Gasteiger partial charge in [0.15, 0.2) is 6.35 Å². The summed E-state index contributed by atoms with van der Waals surface area (Å²) in [6.07, 6.45) is -0.826. The van der Waals surface area contributed by atoms with E-state index in [4.69, 9.17) is 10.5 Å². The van der Waals surface area contributed by atoms with E-state index in [1.807, 2.05) is 36.4 Å². The lowest BCUT2D eigenvalue weighted by Gasteiger charge is -2.14. The van der Waals surface area contributed by atoms with E-state index in [1.54, 1.807) is 24.3 Å². The molecule has 0 aliphatic heterocycles. The molecule has 0 saturated carbocycles. The van der Waals surface area contributed by atoms with Crippen molar-refractivity contribution in [3.63, 3.8) is 0 Å². The molecule has 19 heavy (non-hydrogen) atoms. The van der Waals surface area contributed by atoms with Crippen molar-refractivity contribution in [3.8, 4) is 0 Å². The number of carbonyl (C=O) groups is 1. The number of benzene rings is 2. The molecular weight excluding hydrogens is 240 g/mol. The van der Waals surface area contributed by atoms with Crippen molar-refractivity contribution in [2.24, 2.45) is 5.73 Å². The maximum absolute atomic E-state index is 11.8. The summed E-state index contributed by atoms with van der Waals surface area (Å²) in [5.41, 5.74) is 7.27. The maximum Gasteiger partial charge on any atom is 0.254 e. The van der Waals surface area contributed by atoms with Gasteiger partial charge in [0.1, 0.15) is 0 Å². The van der Waals surface area contributed by atoms with Crippen LogP contribution in [-0.2, 0) is 11.3 Å². The summed E-state index contributed by atoms with van der Waals surface area (Å²) in [4.78, 5) is 11.8. The molecule has 0 aromatic heterocycles. The van der Waals surface area contributed by atoms with Crippen LogP contribution in [0.2, 0.25) is 0 Å². The molecule has 2 aromatic carbocycles. The molecule has 2 rings (SSSR count). The summed E-state index contributed by atoms with van der Waals surface area (Å²) in [5.74, 6) is -0.249. The van der Waals surface area contributed by atoms with Crippen molar-refractivity contribution < 1.29 is 9.53 Å². The average molecular weight is 256 g/mol. The number of nitrogens with two attached hydrogens (primary N) is 1. The number of ether oxygens (including phenoxy) is 1. The molecule has 3 N–H and O–H groups in total. The smallest absolute Gasteiger partial charge is 0.254 e. The highest BCUT2D eigenvalue weighted by Gasteiger charge is 2.09. The molecule has 98 valence electrons. The van der Waals surface area contributed by atoms with E-state index in [-0.39, 0.29) is 5.91 Å². The van der Waals surface area contributed by atoms with Crippen LogP contribution in [0.25, 0.3) is 0 Å². The van der Waals surface area contributed by atoms with Crippen LogP contribution in [0.1, 0.15) is 15.9 Å². The van der Waals surface area contributed by atoms with Gasteiger partial charge in [-0.1, -0.05) is 48.5 Å². The lowest BCUT2D eigenvalue weighted by molar-refractivity contribution is 0.0215. The van der Waals surface area contributed by atoms with Gasteiger partial charge < -0.3 is 10.1 Å². The van der Waals surface area contributed by atoms with E-state index >= 15 is 0 Å². The first-order valence-corrected chi connectivity index (χ1v) is 6.03. The summed E-state index contributed by atoms with van der Waals surface area (Å²) in [6.45, 7) is 0.358. The second kappa shape index (κ2) is 6.68. The first-order valence-electron chi connectivity index (χ1n) is 6.03. The predicted octanol–water partition coefficient (Wildman–Crippen LogP) is 1.88. The van der Waals surface area contributed by atoms with Gasteiger partial charge in [-0.05, 0) is 17.7 Å². The van der Waals surface area contributed by atoms with Crippen LogP contribution < -0.4 is 11.1 Å². The molecule has 1 amide bonds. The van der Waals surface area contributed by atoms with Crippen molar-refractivity contribution >= 4 is 5.91 Å². The number of rotatable bonds is 5. The molecule has 4 heteroatoms. The third-order valence-electron chi connectivity index (χ3n) is 2.58. The zero-order valence-corrected chi connectivity index (χ0v) is 10.5. The zero-order chi connectivity index (χ0) is 13.5. The molecule has 2 aromatic rings. The Labute approximate surface area is 112 Å². The van der Waals surface area contributed by atoms with Crippen LogP contribution in [0.3, 0.4) is 0 Å². The Morgan fingerprint density at radius 1 is 1.05 bits per heavy atom. The fourth-order valence-corrected chi connectivity index (χ4v) is 1.60. The second-order valence-electron chi connectivity index (χ2n) is 4.06. The van der Waals surface area contributed by atoms with Crippen LogP contribution in [0.4, 0.5) is 0 Å². The molecule has 0 saturated heterocycles. The topological polar surface area (TPSA) is 64.3 Å². The van der Waals surface area contributed by atoms with Crippen LogP contribution in [0, 0.1) is 0 Å². The van der Waals surface area contributed by atoms with Gasteiger partial charge in [0.2, 0.25) is 0 Å². The minimum absolute atomic E-state index is 0.249. The number of carbonyl (C=O) groups excluding carboxylic acids is 1. The molecule has 1 atom stereocenters. The third kappa shape index (κ3) is 4.21. The van der Waals surface area contributed by atoms with Gasteiger partial charge in [0.05, 0.1) is 6.61 Å². The summed E-state index contributed by atoms with van der Waals surface area (Å²) < 4.78 is 5.37. The summed E-state index contributed by atoms with van der Waals surface area (Å²) in [6, 6.07) is 18.5. The molecule has 0 aliphatic carbocycles. The Morgan fingerprint density at radius 2 is 1.63 bits per heavy atom. The lowest BCUT2D eigenvalue weighted by Crippen LogP contribution is -2.43. The second-order valence-corrected chi connectivity index (χ2v) is 4.06. The van der Waals surface area contributed by atoms with Crippen LogP contribution in [-0.4, -0.2) is 12.3 Å². The Balaban J connectivity index is 1.81. The van der Waals surface area contributed by atoms with Crippen LogP contribution >= 0.6 is 0 Å². The standard InChI is InChI=1S/C15H16N2O2/c16-15(19-11-12-7-3-1-4-8-12)17-14(18)13-9-5-2-6-10-13/h1-10,15H,11,16H2,(H,17,18). The van der Waals surface area contributed by atoms with Gasteiger partial charge >= 0.3 is 0 Å². The van der Waals surface area contributed by atoms with E-state index in [0.29, 0.717) is 12.2 Å². The summed E-state index contributed by atoms with van der Waals surface area (Å²) >= 11 is 0. The van der Waals surface area contributed by atoms with Crippen molar-refractivity contribution in [2.75, 3.05) is 0 Å². The van der Waals surface area contributed by atoms with Crippen molar-refractivity contribution in [1.29, 1.82) is 0 Å². The third-order valence-corrected chi connectivity index (χ3v) is 2.58. The van der Waals surface area contributed by atoms with E-state index in [0.717, 1.165) is 5.56 Å². The minimum atomic E-state index is -0.826. The average Bonchev–Trinajstić information content (AvgIpc) is 2.47. The van der Waals surface area contributed by atoms with Crippen molar-refractivity contribution in [2.45, 2.75) is 13.0 Å². The van der Waals surface area contributed by atoms with Gasteiger partial charge in [-0.3, -0.25) is 10.5 Å². The molecule has 0 fully saturated rings. The monoisotopic (exact) mass is 256 g/mol. The summed E-state index contributed by atoms with van der Waals surface area (Å²) in [5, 5.41) is 2.58. The normalized spacial score (nSPS) is 11.8. The van der Waals surface area contributed by atoms with Crippen LogP contribution in [0.5, 0.6) is 0 Å².